The SMILES string of the molecule is C[C@H](NC(=O)[C@H]1CCCN(C2=NS(=O)(=O)c3ccccc32)C1)c1ccc(Cl)c(Cl)c1. The lowest BCUT2D eigenvalue weighted by atomic mass is 9.95. The minimum absolute atomic E-state index is 0.0759. The molecule has 2 aromatic rings. The molecule has 6 nitrogen and oxygen atoms in total. The van der Waals surface area contributed by atoms with Crippen LogP contribution in [-0.2, 0) is 14.8 Å². The maximum Gasteiger partial charge on any atom is 0.285 e. The number of benzene rings is 2. The van der Waals surface area contributed by atoms with Crippen molar-refractivity contribution in [3.05, 3.63) is 63.6 Å². The van der Waals surface area contributed by atoms with Gasteiger partial charge in [0.05, 0.1) is 22.0 Å². The zero-order valence-electron chi connectivity index (χ0n) is 16.3. The number of halogens is 2. The highest BCUT2D eigenvalue weighted by atomic mass is 35.5. The fourth-order valence-electron chi connectivity index (χ4n) is 3.90. The molecular formula is C21H21Cl2N3O3S. The predicted molar refractivity (Wildman–Crippen MR) is 117 cm³/mol. The van der Waals surface area contributed by atoms with E-state index in [2.05, 4.69) is 9.71 Å². The lowest BCUT2D eigenvalue weighted by Crippen LogP contribution is -2.45. The number of amidine groups is 1. The Hall–Kier alpha value is -2.09. The molecule has 1 amide bonds. The summed E-state index contributed by atoms with van der Waals surface area (Å²) in [5, 5.41) is 3.94. The van der Waals surface area contributed by atoms with E-state index in [-0.39, 0.29) is 22.8 Å². The molecule has 0 spiro atoms. The zero-order chi connectivity index (χ0) is 21.5. The number of amides is 1. The average molecular weight is 466 g/mol. The Bertz CT molecular complexity index is 1130. The summed E-state index contributed by atoms with van der Waals surface area (Å²) in [6, 6.07) is 11.9. The molecule has 9 heteroatoms. The maximum atomic E-state index is 12.9. The first-order valence-electron chi connectivity index (χ1n) is 9.71. The van der Waals surface area contributed by atoms with Gasteiger partial charge in [-0.05, 0) is 49.6 Å². The summed E-state index contributed by atoms with van der Waals surface area (Å²) in [6.45, 7) is 2.97. The molecule has 0 unspecified atom stereocenters. The van der Waals surface area contributed by atoms with Crippen LogP contribution in [0.4, 0.5) is 0 Å². The summed E-state index contributed by atoms with van der Waals surface area (Å²) in [5.74, 6) is 0.0933. The second kappa shape index (κ2) is 8.21. The van der Waals surface area contributed by atoms with E-state index in [1.54, 1.807) is 36.4 Å². The zero-order valence-corrected chi connectivity index (χ0v) is 18.6. The second-order valence-corrected chi connectivity index (χ2v) is 9.96. The molecule has 2 aliphatic heterocycles. The number of hydrogen-bond donors (Lipinski definition) is 1. The highest BCUT2D eigenvalue weighted by Gasteiger charge is 2.35. The van der Waals surface area contributed by atoms with E-state index < -0.39 is 10.0 Å². The third-order valence-electron chi connectivity index (χ3n) is 5.51. The van der Waals surface area contributed by atoms with Crippen molar-refractivity contribution in [3.63, 3.8) is 0 Å². The fourth-order valence-corrected chi connectivity index (χ4v) is 5.43. The van der Waals surface area contributed by atoms with Gasteiger partial charge >= 0.3 is 0 Å². The molecule has 158 valence electrons. The molecule has 2 heterocycles. The van der Waals surface area contributed by atoms with Gasteiger partial charge in [-0.15, -0.1) is 4.40 Å². The summed E-state index contributed by atoms with van der Waals surface area (Å²) in [5.41, 5.74) is 1.47. The largest absolute Gasteiger partial charge is 0.355 e. The van der Waals surface area contributed by atoms with Crippen molar-refractivity contribution in [2.45, 2.75) is 30.7 Å². The summed E-state index contributed by atoms with van der Waals surface area (Å²) in [4.78, 5) is 15.0. The number of carbonyl (C=O) groups excluding carboxylic acids is 1. The number of nitrogens with one attached hydrogen (secondary N) is 1. The molecule has 0 aliphatic carbocycles. The van der Waals surface area contributed by atoms with Crippen LogP contribution in [0.5, 0.6) is 0 Å². The van der Waals surface area contributed by atoms with Gasteiger partial charge in [0, 0.05) is 18.7 Å². The lowest BCUT2D eigenvalue weighted by Gasteiger charge is -2.34. The highest BCUT2D eigenvalue weighted by molar-refractivity contribution is 7.90. The van der Waals surface area contributed by atoms with E-state index in [1.807, 2.05) is 17.9 Å². The third-order valence-corrected chi connectivity index (χ3v) is 7.57. The summed E-state index contributed by atoms with van der Waals surface area (Å²) in [7, 11) is -3.68. The molecule has 2 aromatic carbocycles. The standard InChI is InChI=1S/C21H21Cl2N3O3S/c1-13(14-8-9-17(22)18(23)11-14)24-21(27)15-5-4-10-26(12-15)20-16-6-2-3-7-19(16)30(28,29)25-20/h2-3,6-9,11,13,15H,4-5,10,12H2,1H3,(H,24,27)/t13-,15-/m0/s1. The monoisotopic (exact) mass is 465 g/mol. The van der Waals surface area contributed by atoms with Crippen molar-refractivity contribution in [2.75, 3.05) is 13.1 Å². The molecular weight excluding hydrogens is 445 g/mol. The van der Waals surface area contributed by atoms with Crippen LogP contribution in [0.25, 0.3) is 0 Å². The smallest absolute Gasteiger partial charge is 0.285 e. The number of rotatable bonds is 3. The van der Waals surface area contributed by atoms with E-state index in [0.717, 1.165) is 18.4 Å². The van der Waals surface area contributed by atoms with Gasteiger partial charge < -0.3 is 10.2 Å². The van der Waals surface area contributed by atoms with Gasteiger partial charge in [0.2, 0.25) is 5.91 Å². The Balaban J connectivity index is 1.48. The number of carbonyl (C=O) groups is 1. The topological polar surface area (TPSA) is 78.8 Å². The Labute approximate surface area is 185 Å². The van der Waals surface area contributed by atoms with Crippen LogP contribution in [0.1, 0.15) is 36.9 Å². The Morgan fingerprint density at radius 1 is 1.20 bits per heavy atom. The van der Waals surface area contributed by atoms with Gasteiger partial charge in [0.1, 0.15) is 4.90 Å². The Morgan fingerprint density at radius 2 is 1.97 bits per heavy atom. The number of hydrogen-bond acceptors (Lipinski definition) is 4. The minimum atomic E-state index is -3.68. The molecule has 0 bridgehead atoms. The molecule has 0 saturated carbocycles. The number of likely N-dealkylation sites (tertiary alicyclic amines) is 1. The third kappa shape index (κ3) is 4.06. The van der Waals surface area contributed by atoms with Crippen molar-refractivity contribution in [2.24, 2.45) is 10.3 Å². The van der Waals surface area contributed by atoms with Crippen molar-refractivity contribution >= 4 is 45.0 Å². The quantitative estimate of drug-likeness (QED) is 0.741. The van der Waals surface area contributed by atoms with E-state index in [9.17, 15) is 13.2 Å². The average Bonchev–Trinajstić information content (AvgIpc) is 3.01. The molecule has 1 fully saturated rings. The lowest BCUT2D eigenvalue weighted by molar-refractivity contribution is -0.126. The van der Waals surface area contributed by atoms with Crippen molar-refractivity contribution < 1.29 is 13.2 Å². The van der Waals surface area contributed by atoms with Crippen LogP contribution < -0.4 is 5.32 Å². The first-order valence-corrected chi connectivity index (χ1v) is 11.9. The van der Waals surface area contributed by atoms with E-state index in [0.29, 0.717) is 34.5 Å². The van der Waals surface area contributed by atoms with Crippen molar-refractivity contribution in [1.29, 1.82) is 0 Å². The van der Waals surface area contributed by atoms with Gasteiger partial charge in [0.25, 0.3) is 10.0 Å². The van der Waals surface area contributed by atoms with Crippen LogP contribution in [0.2, 0.25) is 10.0 Å². The van der Waals surface area contributed by atoms with Crippen LogP contribution in [0, 0.1) is 5.92 Å². The van der Waals surface area contributed by atoms with Crippen LogP contribution in [-0.4, -0.2) is 38.2 Å². The summed E-state index contributed by atoms with van der Waals surface area (Å²) >= 11 is 12.1. The van der Waals surface area contributed by atoms with Gasteiger partial charge in [-0.3, -0.25) is 4.79 Å². The number of fused-ring (bicyclic) bond motifs is 1. The molecule has 30 heavy (non-hydrogen) atoms. The molecule has 0 radical (unpaired) electrons. The first kappa shape index (κ1) is 21.2. The number of nitrogens with zero attached hydrogens (tertiary/aromatic N) is 2. The predicted octanol–water partition coefficient (Wildman–Crippen LogP) is 4.03. The van der Waals surface area contributed by atoms with Crippen LogP contribution in [0.15, 0.2) is 51.8 Å². The fraction of sp³-hybridized carbons (Fsp3) is 0.333. The van der Waals surface area contributed by atoms with Crippen LogP contribution in [0.3, 0.4) is 0 Å². The number of sulfonamides is 1. The summed E-state index contributed by atoms with van der Waals surface area (Å²) < 4.78 is 28.7. The van der Waals surface area contributed by atoms with Gasteiger partial charge in [0.15, 0.2) is 5.84 Å². The van der Waals surface area contributed by atoms with E-state index >= 15 is 0 Å². The number of piperidine rings is 1. The molecule has 1 N–H and O–H groups in total. The first-order chi connectivity index (χ1) is 14.3. The maximum absolute atomic E-state index is 12.9. The minimum Gasteiger partial charge on any atom is -0.355 e. The molecule has 1 saturated heterocycles. The molecule has 2 aliphatic rings. The van der Waals surface area contributed by atoms with E-state index in [1.165, 1.54) is 0 Å². The van der Waals surface area contributed by atoms with Crippen molar-refractivity contribution in [1.82, 2.24) is 10.2 Å². The van der Waals surface area contributed by atoms with E-state index in [4.69, 9.17) is 23.2 Å². The summed E-state index contributed by atoms with van der Waals surface area (Å²) in [6.07, 6.45) is 1.51. The molecule has 4 rings (SSSR count). The second-order valence-electron chi connectivity index (χ2n) is 7.58. The molecule has 2 atom stereocenters. The van der Waals surface area contributed by atoms with Crippen LogP contribution >= 0.6 is 23.2 Å². The Morgan fingerprint density at radius 3 is 2.73 bits per heavy atom. The highest BCUT2D eigenvalue weighted by Crippen LogP contribution is 2.30. The Kier molecular flexibility index (Phi) is 5.79. The van der Waals surface area contributed by atoms with Crippen molar-refractivity contribution in [3.8, 4) is 0 Å². The van der Waals surface area contributed by atoms with Gasteiger partial charge in [-0.25, -0.2) is 0 Å². The molecule has 0 aromatic heterocycles. The van der Waals surface area contributed by atoms with Gasteiger partial charge in [-0.2, -0.15) is 8.42 Å². The van der Waals surface area contributed by atoms with Gasteiger partial charge in [-0.1, -0.05) is 41.4 Å². The normalized spacial score (nSPS) is 21.0.